The van der Waals surface area contributed by atoms with Crippen LogP contribution in [0.5, 0.6) is 0 Å². The zero-order valence-electron chi connectivity index (χ0n) is 82.7. The third-order valence-corrected chi connectivity index (χ3v) is 25.1. The predicted molar refractivity (Wildman–Crippen MR) is 518 cm³/mol. The van der Waals surface area contributed by atoms with Gasteiger partial charge >= 0.3 is 18.3 Å². The number of ether oxygens (including phenoxy) is 7. The Balaban J connectivity index is 0.000000222. The SMILES string of the molecule is C.C#CCOC1CCN(C(=O)OC(C)(C)C)CC1.CC(C)(C)OC(=O)N1CCC(OCC#Cc2cccc3c2C(=O)N(C2CCC(=O)NC2=O)C3=O)CC1.CC(C)(C)OC(=O)N1CCC(OCCCc2cccc3c2C(=O)N(C2CCC(=O)NC2=O)C3=O)CC1.Cl.O=C1CCC(N2C(=O)c3cccc(Br)c3C2=O)C(=O)N1.O=C1CCC(N2C(=O)c3cccc(CCCOC4CCNCC4)c3C2=O)C(=O)N1.[3H]C.[3H]F. The van der Waals surface area contributed by atoms with Crippen LogP contribution in [0.4, 0.5) is 19.1 Å². The molecule has 0 aliphatic carbocycles. The van der Waals surface area contributed by atoms with Crippen LogP contribution in [0.15, 0.2) is 77.3 Å². The molecule has 0 bridgehead atoms. The molecule has 0 aromatic heterocycles. The molecule has 4 unspecified atom stereocenters. The number of rotatable bonds is 18. The zero-order chi connectivity index (χ0) is 104. The summed E-state index contributed by atoms with van der Waals surface area (Å²) in [5, 5.41) is 12.1. The van der Waals surface area contributed by atoms with E-state index >= 15 is 0 Å². The second-order valence-electron chi connectivity index (χ2n) is 37.9. The smallest absolute Gasteiger partial charge is 0.410 e. The van der Waals surface area contributed by atoms with Crippen LogP contribution >= 0.6 is 28.3 Å². The van der Waals surface area contributed by atoms with E-state index in [1.54, 1.807) is 69.3 Å². The minimum absolute atomic E-state index is 0. The third kappa shape index (κ3) is 28.9. The van der Waals surface area contributed by atoms with Gasteiger partial charge in [-0.25, -0.2) is 14.4 Å². The van der Waals surface area contributed by atoms with Gasteiger partial charge in [-0.05, 0) is 242 Å². The molecule has 4 atom stereocenters. The topological polar surface area (TPSA) is 472 Å². The van der Waals surface area contributed by atoms with Crippen molar-refractivity contribution in [3.8, 4) is 24.2 Å². The van der Waals surface area contributed by atoms with Crippen LogP contribution < -0.4 is 26.6 Å². The number of benzene rings is 4. The molecule has 12 aliphatic heterocycles. The number of hydrogen-bond acceptors (Lipinski definition) is 27. The van der Waals surface area contributed by atoms with Crippen molar-refractivity contribution in [2.24, 2.45) is 0 Å². The quantitative estimate of drug-likeness (QED) is 0.0267. The number of amides is 19. The molecule has 5 N–H and O–H groups in total. The molecule has 142 heavy (non-hydrogen) atoms. The number of terminal acetylenes is 1. The molecule has 12 heterocycles. The van der Waals surface area contributed by atoms with Crippen molar-refractivity contribution in [2.75, 3.05) is 78.8 Å². The minimum Gasteiger partial charge on any atom is -0.444 e. The third-order valence-electron chi connectivity index (χ3n) is 24.5. The lowest BCUT2D eigenvalue weighted by Gasteiger charge is -2.33. The average Bonchev–Trinajstić information content (AvgIpc) is 1.62. The van der Waals surface area contributed by atoms with E-state index in [1.165, 1.54) is 13.5 Å². The minimum atomic E-state index is -1.02. The highest BCUT2D eigenvalue weighted by Crippen LogP contribution is 2.37. The van der Waals surface area contributed by atoms with Gasteiger partial charge in [0.2, 0.25) is 47.3 Å². The summed E-state index contributed by atoms with van der Waals surface area (Å²) in [5.74, 6) is 0.151. The van der Waals surface area contributed by atoms with Gasteiger partial charge in [0.15, 0.2) is 0 Å². The lowest BCUT2D eigenvalue weighted by molar-refractivity contribution is -0.137. The number of carbonyl (C=O) groups is 19. The van der Waals surface area contributed by atoms with Gasteiger partial charge in [0.1, 0.15) is 54.2 Å². The summed E-state index contributed by atoms with van der Waals surface area (Å²) in [5.41, 5.74) is 2.63. The van der Waals surface area contributed by atoms with Crippen molar-refractivity contribution >= 4 is 141 Å². The Hall–Kier alpha value is -12.6. The first-order valence-electron chi connectivity index (χ1n) is 48.0. The standard InChI is InChI=1S/C26H33N3O7.C26H29N3O7.C21H25N3O5.C13H9BrN2O4.C13H21NO3.2CH4.ClH.FH/c2*1-26(2,3)36-25(34)28-13-11-17(12-14-28)35-15-5-7-16-6-4-8-18-21(16)24(33)29(23(18)32)19-9-10-20(30)27-22(19)31;25-17-7-6-16(19(26)23-17)24-20(27)15-5-1-3-13(18(15)21(24)28)4-2-12-29-14-8-10-22-11-9-14;14-7-3-1-2-6-10(7)13(20)16(12(6)19)8-4-5-9(17)15-11(8)18;1-5-10-16-11-6-8-14(9-7-11)12(15)17-13(2,3)4;;;;/h4,6,8,17,19H,5,7,9-15H2,1-3H3,(H,27,30,31);4,6,8,17,19H,9-15H2,1-3H3,(H,27,30,31);1,3,5,14,16,22H,2,4,6-12H2,(H,23,25,26);1-3,8H,4-5H2,(H,15,17,18);1,11H,6-10H2,2-4H3;2*1H4;2*1H/i;;;;;1T;;;/hT. The monoisotopic (exact) mass is 2060 g/mol. The number of nitrogens with zero attached hydrogens (tertiary/aromatic N) is 7. The van der Waals surface area contributed by atoms with Gasteiger partial charge in [-0.15, -0.1) is 18.8 Å². The lowest BCUT2D eigenvalue weighted by Crippen LogP contribution is -2.54. The highest BCUT2D eigenvalue weighted by Gasteiger charge is 2.51. The highest BCUT2D eigenvalue weighted by molar-refractivity contribution is 9.10. The Bertz CT molecular complexity index is 5580. The molecular formula is C101H127BrClFN12O26. The number of carbonyl (C=O) groups excluding carboxylic acids is 19. The first-order chi connectivity index (χ1) is 67.6. The largest absolute Gasteiger partial charge is 0.444 e. The van der Waals surface area contributed by atoms with Gasteiger partial charge in [0.05, 0.1) is 68.9 Å². The Labute approximate surface area is 841 Å². The number of hydrogen-bond donors (Lipinski definition) is 5. The first kappa shape index (κ1) is 111. The second-order valence-corrected chi connectivity index (χ2v) is 38.7. The maximum absolute atomic E-state index is 13.2. The van der Waals surface area contributed by atoms with Crippen molar-refractivity contribution in [3.05, 3.63) is 138 Å². The molecule has 38 nitrogen and oxygen atoms in total. The fourth-order valence-corrected chi connectivity index (χ4v) is 18.3. The molecule has 12 aliphatic rings. The van der Waals surface area contributed by atoms with Crippen LogP contribution in [0.3, 0.4) is 0 Å². The van der Waals surface area contributed by atoms with Crippen LogP contribution in [-0.2, 0) is 84.4 Å². The molecule has 19 amide bonds. The van der Waals surface area contributed by atoms with Crippen LogP contribution in [0.1, 0.15) is 294 Å². The molecule has 41 heteroatoms. The van der Waals surface area contributed by atoms with Crippen molar-refractivity contribution in [1.82, 2.24) is 60.9 Å². The molecule has 768 valence electrons. The number of imide groups is 8. The van der Waals surface area contributed by atoms with E-state index in [9.17, 15) is 91.1 Å². The van der Waals surface area contributed by atoms with E-state index in [0.29, 0.717) is 118 Å². The summed E-state index contributed by atoms with van der Waals surface area (Å²) < 4.78 is 58.6. The molecule has 0 radical (unpaired) electrons. The number of likely N-dealkylation sites (tertiary alicyclic amines) is 3. The summed E-state index contributed by atoms with van der Waals surface area (Å²) in [7, 11) is 1.25. The van der Waals surface area contributed by atoms with Crippen molar-refractivity contribution in [2.45, 2.75) is 271 Å². The summed E-state index contributed by atoms with van der Waals surface area (Å²) >= 11 is 3.24. The zero-order valence-corrected chi connectivity index (χ0v) is 83.1. The maximum atomic E-state index is 13.2. The molecule has 4 aromatic carbocycles. The average molecular weight is 2060 g/mol. The fraction of sp³-hybridized carbons (Fsp3) is 0.535. The number of piperidine rings is 8. The molecule has 4 aromatic rings. The Kier molecular flexibility index (Phi) is 39.9. The molecule has 8 saturated heterocycles. The van der Waals surface area contributed by atoms with Crippen molar-refractivity contribution in [3.63, 3.8) is 0 Å². The lowest BCUT2D eigenvalue weighted by atomic mass is 9.99. The fourth-order valence-electron chi connectivity index (χ4n) is 17.7. The Morgan fingerprint density at radius 1 is 0.401 bits per heavy atom. The Morgan fingerprint density at radius 2 is 0.690 bits per heavy atom. The highest BCUT2D eigenvalue weighted by atomic mass is 79.9. The Morgan fingerprint density at radius 3 is 1.01 bits per heavy atom. The van der Waals surface area contributed by atoms with E-state index in [0.717, 1.165) is 88.8 Å². The summed E-state index contributed by atoms with van der Waals surface area (Å²) in [6, 6.07) is 16.2. The van der Waals surface area contributed by atoms with Gasteiger partial charge in [-0.3, -0.25) is 122 Å². The maximum Gasteiger partial charge on any atom is 0.410 e. The summed E-state index contributed by atoms with van der Waals surface area (Å²) in [6.07, 6.45) is 14.7. The number of nitrogens with one attached hydrogen (secondary N) is 5. The van der Waals surface area contributed by atoms with Gasteiger partial charge in [0.25, 0.3) is 48.7 Å². The van der Waals surface area contributed by atoms with Gasteiger partial charge in [-0.1, -0.05) is 69.0 Å². The van der Waals surface area contributed by atoms with Crippen LogP contribution in [0.2, 0.25) is 0 Å². The molecule has 0 saturated carbocycles. The molecular weight excluding hydrogens is 1930 g/mol. The van der Waals surface area contributed by atoms with Crippen molar-refractivity contribution in [1.29, 1.82) is 1.45 Å². The van der Waals surface area contributed by atoms with Gasteiger partial charge in [0, 0.05) is 89.6 Å². The van der Waals surface area contributed by atoms with E-state index in [-0.39, 0.29) is 160 Å². The van der Waals surface area contributed by atoms with Gasteiger partial charge in [-0.2, -0.15) is 0 Å². The molecule has 16 rings (SSSR count). The van der Waals surface area contributed by atoms with Gasteiger partial charge < -0.3 is 53.2 Å². The number of fused-ring (bicyclic) bond motifs is 4. The second kappa shape index (κ2) is 50.9. The predicted octanol–water partition coefficient (Wildman–Crippen LogP) is 9.81. The number of halogens is 3. The van der Waals surface area contributed by atoms with Crippen LogP contribution in [0.25, 0.3) is 0 Å². The summed E-state index contributed by atoms with van der Waals surface area (Å²) in [6.45, 7) is 23.7. The normalized spacial score (nSPS) is 20.5. The van der Waals surface area contributed by atoms with E-state index in [1.807, 2.05) is 74.4 Å². The summed E-state index contributed by atoms with van der Waals surface area (Å²) in [4.78, 5) is 242. The molecule has 0 spiro atoms. The number of aryl methyl sites for hydroxylation is 2. The van der Waals surface area contributed by atoms with E-state index in [2.05, 4.69) is 61.7 Å². The van der Waals surface area contributed by atoms with E-state index < -0.39 is 124 Å². The van der Waals surface area contributed by atoms with Crippen LogP contribution in [0, 0.1) is 24.2 Å². The molecule has 8 fully saturated rings. The first-order valence-corrected chi connectivity index (χ1v) is 47.4. The van der Waals surface area contributed by atoms with E-state index in [4.69, 9.17) is 45.7 Å². The van der Waals surface area contributed by atoms with Crippen LogP contribution in [-0.4, -0.2) is 293 Å². The van der Waals surface area contributed by atoms with Crippen molar-refractivity contribution < 1.29 is 130 Å².